The van der Waals surface area contributed by atoms with E-state index in [9.17, 15) is 13.2 Å². The summed E-state index contributed by atoms with van der Waals surface area (Å²) < 4.78 is 45.5. The molecular formula is C19H21F3N4OS. The number of hydrogen-bond donors (Lipinski definition) is 0. The molecule has 0 saturated carbocycles. The fourth-order valence-electron chi connectivity index (χ4n) is 3.78. The summed E-state index contributed by atoms with van der Waals surface area (Å²) in [7, 11) is 1.62. The van der Waals surface area contributed by atoms with Gasteiger partial charge >= 0.3 is 6.18 Å². The molecular weight excluding hydrogens is 389 g/mol. The van der Waals surface area contributed by atoms with Gasteiger partial charge in [-0.2, -0.15) is 13.2 Å². The van der Waals surface area contributed by atoms with Crippen LogP contribution in [0.2, 0.25) is 0 Å². The van der Waals surface area contributed by atoms with Gasteiger partial charge in [0.15, 0.2) is 0 Å². The van der Waals surface area contributed by atoms with Crippen molar-refractivity contribution < 1.29 is 17.9 Å². The molecule has 1 spiro atoms. The predicted octanol–water partition coefficient (Wildman–Crippen LogP) is 3.64. The maximum Gasteiger partial charge on any atom is 0.433 e. The summed E-state index contributed by atoms with van der Waals surface area (Å²) in [5, 5.41) is 0. The van der Waals surface area contributed by atoms with Crippen LogP contribution in [-0.4, -0.2) is 52.5 Å². The van der Waals surface area contributed by atoms with E-state index >= 15 is 0 Å². The minimum Gasteiger partial charge on any atom is -0.495 e. The van der Waals surface area contributed by atoms with Crippen LogP contribution < -0.4 is 4.74 Å². The Morgan fingerprint density at radius 3 is 2.46 bits per heavy atom. The van der Waals surface area contributed by atoms with Crippen LogP contribution in [-0.2, 0) is 12.7 Å². The van der Waals surface area contributed by atoms with Crippen molar-refractivity contribution in [2.45, 2.75) is 24.5 Å². The number of aryl methyl sites for hydroxylation is 1. The molecule has 4 rings (SSSR count). The van der Waals surface area contributed by atoms with E-state index in [1.165, 1.54) is 18.0 Å². The third-order valence-electron chi connectivity index (χ3n) is 5.12. The summed E-state index contributed by atoms with van der Waals surface area (Å²) in [6.45, 7) is 6.35. The second-order valence-corrected chi connectivity index (χ2v) is 8.64. The molecule has 2 fully saturated rings. The minimum absolute atomic E-state index is 0.298. The van der Waals surface area contributed by atoms with Crippen LogP contribution in [0.5, 0.6) is 5.75 Å². The van der Waals surface area contributed by atoms with Gasteiger partial charge in [0, 0.05) is 43.0 Å². The molecule has 150 valence electrons. The Morgan fingerprint density at radius 1 is 1.14 bits per heavy atom. The molecule has 4 heterocycles. The molecule has 0 N–H and O–H groups in total. The highest BCUT2D eigenvalue weighted by Crippen LogP contribution is 2.45. The summed E-state index contributed by atoms with van der Waals surface area (Å²) in [6.07, 6.45) is -2.67. The van der Waals surface area contributed by atoms with E-state index in [0.717, 1.165) is 55.1 Å². The van der Waals surface area contributed by atoms with Gasteiger partial charge in [0.25, 0.3) is 0 Å². The summed E-state index contributed by atoms with van der Waals surface area (Å²) in [6, 6.07) is 6.47. The van der Waals surface area contributed by atoms with E-state index in [1.54, 1.807) is 20.2 Å². The molecule has 0 atom stereocenters. The standard InChI is InChI=1S/C19H21F3N4OS/c1-13-16(5-6-17(24-13)19(20,21)22)28-26-11-18(12-26)9-25(10-18)8-14-3-4-15(27-2)7-23-14/h3-7H,8-12H2,1-2H3. The molecule has 5 nitrogen and oxygen atoms in total. The molecule has 0 bridgehead atoms. The molecule has 0 amide bonds. The molecule has 0 unspecified atom stereocenters. The van der Waals surface area contributed by atoms with Crippen LogP contribution >= 0.6 is 11.9 Å². The van der Waals surface area contributed by atoms with E-state index in [1.807, 2.05) is 12.1 Å². The number of hydrogen-bond acceptors (Lipinski definition) is 6. The summed E-state index contributed by atoms with van der Waals surface area (Å²) in [5.74, 6) is 0.753. The third kappa shape index (κ3) is 3.97. The van der Waals surface area contributed by atoms with Crippen molar-refractivity contribution >= 4 is 11.9 Å². The molecule has 2 aromatic rings. The second kappa shape index (κ2) is 7.20. The molecule has 28 heavy (non-hydrogen) atoms. The average Bonchev–Trinajstić information content (AvgIpc) is 2.59. The van der Waals surface area contributed by atoms with E-state index in [0.29, 0.717) is 11.1 Å². The van der Waals surface area contributed by atoms with Crippen LogP contribution in [0.1, 0.15) is 17.1 Å². The zero-order valence-corrected chi connectivity index (χ0v) is 16.5. The molecule has 0 aliphatic carbocycles. The Bertz CT molecular complexity index is 845. The zero-order valence-electron chi connectivity index (χ0n) is 15.7. The lowest BCUT2D eigenvalue weighted by Crippen LogP contribution is -2.70. The van der Waals surface area contributed by atoms with Crippen molar-refractivity contribution in [2.75, 3.05) is 33.3 Å². The number of likely N-dealkylation sites (tertiary alicyclic amines) is 1. The minimum atomic E-state index is -4.40. The molecule has 2 aliphatic heterocycles. The highest BCUT2D eigenvalue weighted by atomic mass is 32.2. The lowest BCUT2D eigenvalue weighted by molar-refractivity contribution is -0.141. The van der Waals surface area contributed by atoms with Crippen LogP contribution in [0, 0.1) is 12.3 Å². The number of aromatic nitrogens is 2. The van der Waals surface area contributed by atoms with E-state index < -0.39 is 11.9 Å². The van der Waals surface area contributed by atoms with Gasteiger partial charge in [-0.1, -0.05) is 0 Å². The molecule has 2 aromatic heterocycles. The topological polar surface area (TPSA) is 41.5 Å². The van der Waals surface area contributed by atoms with Crippen molar-refractivity contribution in [1.82, 2.24) is 19.2 Å². The fourth-order valence-corrected chi connectivity index (χ4v) is 5.04. The van der Waals surface area contributed by atoms with Crippen LogP contribution in [0.3, 0.4) is 0 Å². The summed E-state index contributed by atoms with van der Waals surface area (Å²) >= 11 is 1.50. The first-order valence-corrected chi connectivity index (χ1v) is 9.73. The Morgan fingerprint density at radius 2 is 1.89 bits per heavy atom. The smallest absolute Gasteiger partial charge is 0.433 e. The van der Waals surface area contributed by atoms with Crippen molar-refractivity contribution in [3.63, 3.8) is 0 Å². The molecule has 2 saturated heterocycles. The van der Waals surface area contributed by atoms with Gasteiger partial charge in [0.1, 0.15) is 11.4 Å². The van der Waals surface area contributed by atoms with E-state index in [-0.39, 0.29) is 0 Å². The monoisotopic (exact) mass is 410 g/mol. The number of alkyl halides is 3. The normalized spacial score (nSPS) is 19.3. The van der Waals surface area contributed by atoms with Crippen molar-refractivity contribution in [3.05, 3.63) is 47.5 Å². The quantitative estimate of drug-likeness (QED) is 0.701. The number of ether oxygens (including phenoxy) is 1. The molecule has 2 aliphatic rings. The highest BCUT2D eigenvalue weighted by Gasteiger charge is 2.51. The Kier molecular flexibility index (Phi) is 5.01. The van der Waals surface area contributed by atoms with Gasteiger partial charge in [-0.3, -0.25) is 9.88 Å². The van der Waals surface area contributed by atoms with Gasteiger partial charge in [0.05, 0.1) is 24.7 Å². The number of pyridine rings is 2. The van der Waals surface area contributed by atoms with Gasteiger partial charge in [-0.15, -0.1) is 0 Å². The molecule has 0 radical (unpaired) electrons. The first-order valence-electron chi connectivity index (χ1n) is 8.95. The lowest BCUT2D eigenvalue weighted by Gasteiger charge is -2.59. The maximum atomic E-state index is 12.7. The van der Waals surface area contributed by atoms with Gasteiger partial charge < -0.3 is 4.74 Å². The van der Waals surface area contributed by atoms with E-state index in [2.05, 4.69) is 19.2 Å². The first-order chi connectivity index (χ1) is 13.3. The van der Waals surface area contributed by atoms with Crippen LogP contribution in [0.4, 0.5) is 13.2 Å². The summed E-state index contributed by atoms with van der Waals surface area (Å²) in [5.41, 5.74) is 0.901. The predicted molar refractivity (Wildman–Crippen MR) is 99.9 cm³/mol. The van der Waals surface area contributed by atoms with Gasteiger partial charge in [-0.05, 0) is 43.1 Å². The Labute approximate surface area is 166 Å². The zero-order chi connectivity index (χ0) is 19.9. The largest absolute Gasteiger partial charge is 0.495 e. The van der Waals surface area contributed by atoms with Crippen LogP contribution in [0.25, 0.3) is 0 Å². The highest BCUT2D eigenvalue weighted by molar-refractivity contribution is 7.97. The van der Waals surface area contributed by atoms with Crippen molar-refractivity contribution in [1.29, 1.82) is 0 Å². The summed E-state index contributed by atoms with van der Waals surface area (Å²) in [4.78, 5) is 11.2. The first kappa shape index (κ1) is 19.5. The number of halogens is 3. The molecule has 0 aromatic carbocycles. The number of methoxy groups -OCH3 is 1. The Balaban J connectivity index is 1.25. The average molecular weight is 410 g/mol. The SMILES string of the molecule is COc1ccc(CN2CC3(C2)CN(Sc2ccc(C(F)(F)F)nc2C)C3)nc1. The third-order valence-corrected chi connectivity index (χ3v) is 6.26. The lowest BCUT2D eigenvalue weighted by atomic mass is 9.74. The maximum absolute atomic E-state index is 12.7. The van der Waals surface area contributed by atoms with E-state index in [4.69, 9.17) is 4.74 Å². The van der Waals surface area contributed by atoms with Gasteiger partial charge in [0.2, 0.25) is 0 Å². The van der Waals surface area contributed by atoms with Crippen LogP contribution in [0.15, 0.2) is 35.4 Å². The van der Waals surface area contributed by atoms with Crippen molar-refractivity contribution in [3.8, 4) is 5.75 Å². The second-order valence-electron chi connectivity index (χ2n) is 7.50. The fraction of sp³-hybridized carbons (Fsp3) is 0.474. The van der Waals surface area contributed by atoms with Crippen molar-refractivity contribution in [2.24, 2.45) is 5.41 Å². The Hall–Kier alpha value is -1.84. The number of nitrogens with zero attached hydrogens (tertiary/aromatic N) is 4. The molecule has 9 heteroatoms. The number of rotatable bonds is 5. The van der Waals surface area contributed by atoms with Gasteiger partial charge in [-0.25, -0.2) is 9.29 Å².